The summed E-state index contributed by atoms with van der Waals surface area (Å²) in [6.45, 7) is 2.39. The number of rotatable bonds is 8. The molecule has 2 N–H and O–H groups in total. The Hall–Kier alpha value is -1.60. The molecule has 0 aromatic heterocycles. The summed E-state index contributed by atoms with van der Waals surface area (Å²) in [5.41, 5.74) is 1.68. The molecule has 0 aliphatic carbocycles. The number of benzene rings is 2. The quantitative estimate of drug-likeness (QED) is 0.693. The van der Waals surface area contributed by atoms with Crippen molar-refractivity contribution in [2.45, 2.75) is 31.2 Å². The maximum absolute atomic E-state index is 12.0. The monoisotopic (exact) mass is 414 g/mol. The lowest BCUT2D eigenvalue weighted by molar-refractivity contribution is -0.121. The Bertz CT molecular complexity index is 869. The van der Waals surface area contributed by atoms with Crippen LogP contribution in [0.25, 0.3) is 0 Å². The predicted molar refractivity (Wildman–Crippen MR) is 104 cm³/mol. The van der Waals surface area contributed by atoms with Gasteiger partial charge >= 0.3 is 0 Å². The molecule has 0 atom stereocenters. The fourth-order valence-corrected chi connectivity index (χ4v) is 3.83. The maximum atomic E-state index is 12.0. The van der Waals surface area contributed by atoms with Crippen LogP contribution >= 0.6 is 23.2 Å². The zero-order valence-corrected chi connectivity index (χ0v) is 16.6. The van der Waals surface area contributed by atoms with E-state index < -0.39 is 10.0 Å². The van der Waals surface area contributed by atoms with E-state index in [1.807, 2.05) is 0 Å². The molecule has 2 aromatic rings. The van der Waals surface area contributed by atoms with E-state index in [1.54, 1.807) is 49.4 Å². The van der Waals surface area contributed by atoms with Crippen LogP contribution in [0.5, 0.6) is 0 Å². The highest BCUT2D eigenvalue weighted by atomic mass is 35.5. The zero-order valence-electron chi connectivity index (χ0n) is 14.3. The van der Waals surface area contributed by atoms with Gasteiger partial charge in [-0.15, -0.1) is 0 Å². The molecule has 2 aromatic carbocycles. The summed E-state index contributed by atoms with van der Waals surface area (Å²) in [4.78, 5) is 12.2. The molecule has 1 amide bonds. The van der Waals surface area contributed by atoms with Crippen LogP contribution in [-0.4, -0.2) is 20.9 Å². The maximum Gasteiger partial charge on any atom is 0.240 e. The van der Waals surface area contributed by atoms with Crippen LogP contribution in [0.3, 0.4) is 0 Å². The van der Waals surface area contributed by atoms with Gasteiger partial charge in [0.05, 0.1) is 4.90 Å². The van der Waals surface area contributed by atoms with Gasteiger partial charge in [-0.25, -0.2) is 13.1 Å². The van der Waals surface area contributed by atoms with Gasteiger partial charge in [-0.3, -0.25) is 4.79 Å². The molecule has 0 spiro atoms. The SMILES string of the molecule is CCNS(=O)(=O)c1ccc(CCC(=O)NCc2ccc(Cl)cc2Cl)cc1. The van der Waals surface area contributed by atoms with Crippen molar-refractivity contribution < 1.29 is 13.2 Å². The molecule has 26 heavy (non-hydrogen) atoms. The highest BCUT2D eigenvalue weighted by Gasteiger charge is 2.12. The summed E-state index contributed by atoms with van der Waals surface area (Å²) in [6, 6.07) is 11.6. The minimum atomic E-state index is -3.46. The van der Waals surface area contributed by atoms with Crippen LogP contribution in [0.4, 0.5) is 0 Å². The van der Waals surface area contributed by atoms with Crippen LogP contribution in [0.2, 0.25) is 10.0 Å². The number of carbonyl (C=O) groups is 1. The molecular formula is C18H20Cl2N2O3S. The van der Waals surface area contributed by atoms with Crippen LogP contribution in [0.1, 0.15) is 24.5 Å². The molecule has 0 unspecified atom stereocenters. The van der Waals surface area contributed by atoms with E-state index in [-0.39, 0.29) is 10.8 Å². The molecule has 2 rings (SSSR count). The Kier molecular flexibility index (Phi) is 7.46. The highest BCUT2D eigenvalue weighted by molar-refractivity contribution is 7.89. The second-order valence-electron chi connectivity index (χ2n) is 5.66. The number of amides is 1. The summed E-state index contributed by atoms with van der Waals surface area (Å²) in [6.07, 6.45) is 0.812. The van der Waals surface area contributed by atoms with Crippen molar-refractivity contribution in [3.63, 3.8) is 0 Å². The average molecular weight is 415 g/mol. The number of nitrogens with one attached hydrogen (secondary N) is 2. The lowest BCUT2D eigenvalue weighted by atomic mass is 10.1. The molecule has 0 saturated heterocycles. The third kappa shape index (κ3) is 5.99. The van der Waals surface area contributed by atoms with Gasteiger partial charge in [0, 0.05) is 29.6 Å². The number of halogens is 2. The van der Waals surface area contributed by atoms with Gasteiger partial charge < -0.3 is 5.32 Å². The first-order valence-electron chi connectivity index (χ1n) is 8.11. The van der Waals surface area contributed by atoms with E-state index in [1.165, 1.54) is 0 Å². The van der Waals surface area contributed by atoms with Crippen LogP contribution < -0.4 is 10.0 Å². The minimum Gasteiger partial charge on any atom is -0.352 e. The fraction of sp³-hybridized carbons (Fsp3) is 0.278. The van der Waals surface area contributed by atoms with Crippen LogP contribution in [0, 0.1) is 0 Å². The number of aryl methyl sites for hydroxylation is 1. The fourth-order valence-electron chi connectivity index (χ4n) is 2.31. The summed E-state index contributed by atoms with van der Waals surface area (Å²) >= 11 is 11.9. The number of sulfonamides is 1. The first kappa shape index (κ1) is 20.7. The topological polar surface area (TPSA) is 75.3 Å². The minimum absolute atomic E-state index is 0.111. The molecule has 0 heterocycles. The lowest BCUT2D eigenvalue weighted by Crippen LogP contribution is -2.23. The molecular weight excluding hydrogens is 395 g/mol. The molecule has 0 aliphatic heterocycles. The molecule has 140 valence electrons. The van der Waals surface area contributed by atoms with Gasteiger partial charge in [0.15, 0.2) is 0 Å². The molecule has 0 saturated carbocycles. The number of hydrogen-bond acceptors (Lipinski definition) is 3. The Morgan fingerprint density at radius 1 is 1.08 bits per heavy atom. The summed E-state index contributed by atoms with van der Waals surface area (Å²) in [5, 5.41) is 3.87. The van der Waals surface area contributed by atoms with Gasteiger partial charge in [-0.05, 0) is 41.8 Å². The van der Waals surface area contributed by atoms with E-state index in [2.05, 4.69) is 10.0 Å². The summed E-state index contributed by atoms with van der Waals surface area (Å²) in [7, 11) is -3.46. The van der Waals surface area contributed by atoms with Crippen molar-refractivity contribution >= 4 is 39.1 Å². The normalized spacial score (nSPS) is 11.3. The van der Waals surface area contributed by atoms with Crippen molar-refractivity contribution in [1.82, 2.24) is 10.0 Å². The zero-order chi connectivity index (χ0) is 19.2. The molecule has 8 heteroatoms. The average Bonchev–Trinajstić information content (AvgIpc) is 2.59. The second kappa shape index (κ2) is 9.37. The second-order valence-corrected chi connectivity index (χ2v) is 8.27. The molecule has 0 fully saturated rings. The Balaban J connectivity index is 1.85. The third-order valence-electron chi connectivity index (χ3n) is 3.70. The number of hydrogen-bond donors (Lipinski definition) is 2. The van der Waals surface area contributed by atoms with E-state index in [4.69, 9.17) is 23.2 Å². The molecule has 0 radical (unpaired) electrons. The van der Waals surface area contributed by atoms with E-state index in [0.717, 1.165) is 11.1 Å². The Morgan fingerprint density at radius 2 is 1.77 bits per heavy atom. The van der Waals surface area contributed by atoms with Crippen LogP contribution in [-0.2, 0) is 27.8 Å². The Labute approximate surface area is 163 Å². The molecule has 0 aliphatic rings. The van der Waals surface area contributed by atoms with Crippen LogP contribution in [0.15, 0.2) is 47.4 Å². The first-order chi connectivity index (χ1) is 12.3. The van der Waals surface area contributed by atoms with Crippen molar-refractivity contribution in [1.29, 1.82) is 0 Å². The largest absolute Gasteiger partial charge is 0.352 e. The summed E-state index contributed by atoms with van der Waals surface area (Å²) in [5.74, 6) is -0.111. The van der Waals surface area contributed by atoms with Gasteiger partial charge in [-0.1, -0.05) is 48.3 Å². The van der Waals surface area contributed by atoms with E-state index in [0.29, 0.717) is 36.0 Å². The van der Waals surface area contributed by atoms with Gasteiger partial charge in [0.2, 0.25) is 15.9 Å². The van der Waals surface area contributed by atoms with Crippen molar-refractivity contribution in [3.8, 4) is 0 Å². The first-order valence-corrected chi connectivity index (χ1v) is 10.3. The summed E-state index contributed by atoms with van der Waals surface area (Å²) < 4.78 is 26.2. The standard InChI is InChI=1S/C18H20Cl2N2O3S/c1-2-22-26(24,25)16-8-3-13(4-9-16)5-10-18(23)21-12-14-6-7-15(19)11-17(14)20/h3-4,6-9,11,22H,2,5,10,12H2,1H3,(H,21,23). The van der Waals surface area contributed by atoms with E-state index in [9.17, 15) is 13.2 Å². The third-order valence-corrected chi connectivity index (χ3v) is 5.85. The van der Waals surface area contributed by atoms with Crippen molar-refractivity contribution in [2.75, 3.05) is 6.54 Å². The molecule has 0 bridgehead atoms. The van der Waals surface area contributed by atoms with Gasteiger partial charge in [0.1, 0.15) is 0 Å². The lowest BCUT2D eigenvalue weighted by Gasteiger charge is -2.08. The smallest absolute Gasteiger partial charge is 0.240 e. The predicted octanol–water partition coefficient (Wildman–Crippen LogP) is 3.54. The highest BCUT2D eigenvalue weighted by Crippen LogP contribution is 2.20. The molecule has 5 nitrogen and oxygen atoms in total. The van der Waals surface area contributed by atoms with E-state index >= 15 is 0 Å². The Morgan fingerprint density at radius 3 is 2.38 bits per heavy atom. The van der Waals surface area contributed by atoms with Gasteiger partial charge in [0.25, 0.3) is 0 Å². The number of carbonyl (C=O) groups excluding carboxylic acids is 1. The van der Waals surface area contributed by atoms with Gasteiger partial charge in [-0.2, -0.15) is 0 Å². The van der Waals surface area contributed by atoms with Crippen molar-refractivity contribution in [3.05, 3.63) is 63.6 Å². The van der Waals surface area contributed by atoms with Crippen molar-refractivity contribution in [2.24, 2.45) is 0 Å².